The molecule has 2 aliphatic carbocycles. The summed E-state index contributed by atoms with van der Waals surface area (Å²) in [7, 11) is 0. The van der Waals surface area contributed by atoms with Crippen LogP contribution in [-0.2, 0) is 9.59 Å². The Labute approximate surface area is 209 Å². The quantitative estimate of drug-likeness (QED) is 0.246. The summed E-state index contributed by atoms with van der Waals surface area (Å²) in [6.07, 6.45) is 2.53. The summed E-state index contributed by atoms with van der Waals surface area (Å²) >= 11 is 12.1. The van der Waals surface area contributed by atoms with Crippen LogP contribution in [0.1, 0.15) is 40.0 Å². The number of fused-ring (bicyclic) bond motifs is 5. The van der Waals surface area contributed by atoms with Crippen molar-refractivity contribution in [1.29, 1.82) is 0 Å². The van der Waals surface area contributed by atoms with Gasteiger partial charge < -0.3 is 0 Å². The number of non-ortho nitro benzene ring substituents is 1. The van der Waals surface area contributed by atoms with Gasteiger partial charge in [-0.15, -0.1) is 0 Å². The third kappa shape index (κ3) is 3.88. The molecule has 1 saturated heterocycles. The molecule has 0 radical (unpaired) electrons. The van der Waals surface area contributed by atoms with Gasteiger partial charge in [0.2, 0.25) is 0 Å². The predicted octanol–water partition coefficient (Wildman–Crippen LogP) is 4.17. The monoisotopic (exact) mass is 515 g/mol. The minimum atomic E-state index is -0.799. The molecule has 2 saturated carbocycles. The molecule has 0 unspecified atom stereocenters. The number of hydrogen-bond donors (Lipinski definition) is 0. The highest BCUT2D eigenvalue weighted by Crippen LogP contribution is 2.56. The summed E-state index contributed by atoms with van der Waals surface area (Å²) in [4.78, 5) is 63.9. The summed E-state index contributed by atoms with van der Waals surface area (Å²) in [6.45, 7) is -0.622. The first-order valence-electron chi connectivity index (χ1n) is 11.1. The Morgan fingerprint density at radius 1 is 1.00 bits per heavy atom. The second-order valence-corrected chi connectivity index (χ2v) is 9.93. The zero-order valence-corrected chi connectivity index (χ0v) is 19.7. The van der Waals surface area contributed by atoms with Crippen molar-refractivity contribution < 1.29 is 24.1 Å². The van der Waals surface area contributed by atoms with Crippen LogP contribution in [0.15, 0.2) is 42.5 Å². The van der Waals surface area contributed by atoms with Crippen LogP contribution in [0.3, 0.4) is 0 Å². The smallest absolute Gasteiger partial charge is 0.273 e. The van der Waals surface area contributed by atoms with Crippen LogP contribution < -0.4 is 0 Å². The summed E-state index contributed by atoms with van der Waals surface area (Å²) in [6, 6.07) is 9.00. The summed E-state index contributed by atoms with van der Waals surface area (Å²) < 4.78 is 0. The number of carbonyl (C=O) groups is 4. The van der Waals surface area contributed by atoms with E-state index in [1.54, 1.807) is 0 Å². The van der Waals surface area contributed by atoms with E-state index in [1.165, 1.54) is 30.3 Å². The van der Waals surface area contributed by atoms with Gasteiger partial charge in [0.1, 0.15) is 6.54 Å². The van der Waals surface area contributed by atoms with Crippen LogP contribution in [0.4, 0.5) is 5.69 Å². The van der Waals surface area contributed by atoms with Crippen molar-refractivity contribution in [3.63, 3.8) is 0 Å². The molecule has 11 heteroatoms. The fourth-order valence-electron chi connectivity index (χ4n) is 5.68. The molecule has 2 aromatic rings. The van der Waals surface area contributed by atoms with E-state index in [4.69, 9.17) is 23.2 Å². The Bertz CT molecular complexity index is 1250. The van der Waals surface area contributed by atoms with Crippen molar-refractivity contribution in [3.05, 3.63) is 73.8 Å². The maximum Gasteiger partial charge on any atom is 0.273 e. The van der Waals surface area contributed by atoms with Crippen molar-refractivity contribution >= 4 is 52.4 Å². The molecule has 1 aliphatic heterocycles. The minimum Gasteiger partial charge on any atom is -0.292 e. The van der Waals surface area contributed by atoms with Crippen LogP contribution in [0.25, 0.3) is 0 Å². The third-order valence-electron chi connectivity index (χ3n) is 7.23. The topological polar surface area (TPSA) is 118 Å². The van der Waals surface area contributed by atoms with Gasteiger partial charge in [0.05, 0.1) is 21.8 Å². The van der Waals surface area contributed by atoms with Gasteiger partial charge in [-0.3, -0.25) is 29.3 Å². The maximum absolute atomic E-state index is 13.5. The number of nitro groups is 1. The van der Waals surface area contributed by atoms with Crippen LogP contribution >= 0.6 is 23.2 Å². The van der Waals surface area contributed by atoms with Gasteiger partial charge in [-0.05, 0) is 61.4 Å². The highest BCUT2D eigenvalue weighted by atomic mass is 35.5. The first-order valence-corrected chi connectivity index (χ1v) is 11.8. The van der Waals surface area contributed by atoms with Crippen molar-refractivity contribution in [2.75, 3.05) is 6.54 Å². The molecule has 1 heterocycles. The summed E-state index contributed by atoms with van der Waals surface area (Å²) in [5, 5.41) is 13.0. The highest BCUT2D eigenvalue weighted by Gasteiger charge is 2.62. The molecule has 3 amide bonds. The average Bonchev–Trinajstić information content (AvgIpc) is 3.51. The number of rotatable bonds is 6. The number of hydrazine groups is 1. The number of benzene rings is 2. The van der Waals surface area contributed by atoms with Crippen LogP contribution in [0, 0.1) is 33.8 Å². The number of carbonyl (C=O) groups excluding carboxylic acids is 4. The summed E-state index contributed by atoms with van der Waals surface area (Å²) in [5.74, 6) is -3.19. The molecule has 3 fully saturated rings. The van der Waals surface area contributed by atoms with Gasteiger partial charge in [0.25, 0.3) is 23.4 Å². The number of imide groups is 1. The van der Waals surface area contributed by atoms with Gasteiger partial charge in [-0.2, -0.15) is 5.01 Å². The first-order chi connectivity index (χ1) is 16.7. The Morgan fingerprint density at radius 2 is 1.60 bits per heavy atom. The lowest BCUT2D eigenvalue weighted by molar-refractivity contribution is -0.384. The molecule has 2 aromatic carbocycles. The van der Waals surface area contributed by atoms with Gasteiger partial charge >= 0.3 is 0 Å². The largest absolute Gasteiger partial charge is 0.292 e. The van der Waals surface area contributed by atoms with E-state index in [0.29, 0.717) is 5.02 Å². The standard InChI is InChI=1S/C24H19Cl2N3O6/c25-15-5-8-17(18(26)10-15)19(30)11-27(22(31)12-3-6-16(7-4-12)29(34)35)28-23(32)20-13-1-2-14(9-13)21(20)24(28)33/h3-8,10,13-14,20-21H,1-2,9,11H2/t13-,14-,20-,21+/m0/s1. The molecule has 5 rings (SSSR count). The predicted molar refractivity (Wildman–Crippen MR) is 125 cm³/mol. The normalized spacial score (nSPS) is 24.6. The van der Waals surface area contributed by atoms with Crippen LogP contribution in [-0.4, -0.2) is 45.0 Å². The van der Waals surface area contributed by atoms with E-state index in [9.17, 15) is 29.3 Å². The van der Waals surface area contributed by atoms with E-state index in [0.717, 1.165) is 41.4 Å². The zero-order valence-electron chi connectivity index (χ0n) is 18.2. The number of amides is 3. The molecular weight excluding hydrogens is 497 g/mol. The van der Waals surface area contributed by atoms with Crippen molar-refractivity contribution in [3.8, 4) is 0 Å². The maximum atomic E-state index is 13.5. The molecule has 4 atom stereocenters. The number of Topliss-reactive ketones (excluding diaryl/α,β-unsaturated/α-hetero) is 1. The lowest BCUT2D eigenvalue weighted by Gasteiger charge is -2.31. The SMILES string of the molecule is O=C(CN(C(=O)c1ccc([N+](=O)[O-])cc1)N1C(=O)[C@@H]2[C@H]3CC[C@@H](C3)[C@@H]2C1=O)c1ccc(Cl)cc1Cl. The Kier molecular flexibility index (Phi) is 5.85. The highest BCUT2D eigenvalue weighted by molar-refractivity contribution is 6.37. The third-order valence-corrected chi connectivity index (χ3v) is 7.78. The summed E-state index contributed by atoms with van der Waals surface area (Å²) in [5.41, 5.74) is -0.153. The first kappa shape index (κ1) is 23.4. The number of ketones is 1. The lowest BCUT2D eigenvalue weighted by Crippen LogP contribution is -2.52. The molecule has 2 bridgehead atoms. The fraction of sp³-hybridized carbons (Fsp3) is 0.333. The van der Waals surface area contributed by atoms with Crippen LogP contribution in [0.5, 0.6) is 0 Å². The molecular formula is C24H19Cl2N3O6. The molecule has 35 heavy (non-hydrogen) atoms. The number of hydrogen-bond acceptors (Lipinski definition) is 6. The van der Waals surface area contributed by atoms with E-state index in [1.807, 2.05) is 0 Å². The van der Waals surface area contributed by atoms with Crippen molar-refractivity contribution in [2.45, 2.75) is 19.3 Å². The molecule has 3 aliphatic rings. The van der Waals surface area contributed by atoms with Crippen LogP contribution in [0.2, 0.25) is 10.0 Å². The average molecular weight is 516 g/mol. The van der Waals surface area contributed by atoms with E-state index in [2.05, 4.69) is 0 Å². The molecule has 180 valence electrons. The molecule has 0 N–H and O–H groups in total. The minimum absolute atomic E-state index is 0.00812. The van der Waals surface area contributed by atoms with Gasteiger partial charge in [-0.1, -0.05) is 23.2 Å². The number of nitro benzene ring substituents is 1. The molecule has 9 nitrogen and oxygen atoms in total. The zero-order chi connectivity index (χ0) is 25.0. The van der Waals surface area contributed by atoms with E-state index < -0.39 is 46.8 Å². The number of halogens is 2. The Balaban J connectivity index is 1.50. The molecule has 0 aromatic heterocycles. The van der Waals surface area contributed by atoms with Gasteiger partial charge in [0, 0.05) is 28.3 Å². The van der Waals surface area contributed by atoms with E-state index >= 15 is 0 Å². The molecule has 0 spiro atoms. The lowest BCUT2D eigenvalue weighted by atomic mass is 9.81. The van der Waals surface area contributed by atoms with Gasteiger partial charge in [0.15, 0.2) is 5.78 Å². The van der Waals surface area contributed by atoms with Crippen molar-refractivity contribution in [2.24, 2.45) is 23.7 Å². The second-order valence-electron chi connectivity index (χ2n) is 9.09. The second kappa shape index (κ2) is 8.73. The Morgan fingerprint density at radius 3 is 2.14 bits per heavy atom. The Hall–Kier alpha value is -3.30. The fourth-order valence-corrected chi connectivity index (χ4v) is 6.19. The van der Waals surface area contributed by atoms with Crippen molar-refractivity contribution in [1.82, 2.24) is 10.0 Å². The van der Waals surface area contributed by atoms with Gasteiger partial charge in [-0.25, -0.2) is 5.01 Å². The number of nitrogens with zero attached hydrogens (tertiary/aromatic N) is 3. The van der Waals surface area contributed by atoms with E-state index in [-0.39, 0.29) is 33.7 Å².